The van der Waals surface area contributed by atoms with Crippen LogP contribution in [-0.4, -0.2) is 33.0 Å². The molecular formula is C28H25FN4O2. The maximum Gasteiger partial charge on any atom is 0.272 e. The average molecular weight is 469 g/mol. The Morgan fingerprint density at radius 2 is 1.60 bits per heavy atom. The molecule has 2 heterocycles. The summed E-state index contributed by atoms with van der Waals surface area (Å²) in [4.78, 5) is 28.0. The van der Waals surface area contributed by atoms with Gasteiger partial charge in [-0.25, -0.2) is 4.39 Å². The van der Waals surface area contributed by atoms with Crippen molar-refractivity contribution in [2.24, 2.45) is 0 Å². The molecule has 7 heteroatoms. The number of hydrogen-bond acceptors (Lipinski definition) is 3. The van der Waals surface area contributed by atoms with Crippen LogP contribution in [0.3, 0.4) is 0 Å². The van der Waals surface area contributed by atoms with Crippen molar-refractivity contribution in [2.45, 2.75) is 25.6 Å². The summed E-state index contributed by atoms with van der Waals surface area (Å²) in [6, 6.07) is 27.2. The van der Waals surface area contributed by atoms with Gasteiger partial charge in [-0.05, 0) is 35.2 Å². The van der Waals surface area contributed by atoms with E-state index in [2.05, 4.69) is 10.4 Å². The maximum atomic E-state index is 13.2. The number of hydrogen-bond donors (Lipinski definition) is 1. The van der Waals surface area contributed by atoms with Gasteiger partial charge in [-0.3, -0.25) is 14.3 Å². The molecule has 0 fully saturated rings. The molecule has 176 valence electrons. The van der Waals surface area contributed by atoms with Gasteiger partial charge < -0.3 is 10.2 Å². The van der Waals surface area contributed by atoms with Gasteiger partial charge in [-0.2, -0.15) is 5.10 Å². The first-order valence-corrected chi connectivity index (χ1v) is 11.6. The molecule has 6 nitrogen and oxygen atoms in total. The Balaban J connectivity index is 1.33. The second-order valence-electron chi connectivity index (χ2n) is 8.62. The summed E-state index contributed by atoms with van der Waals surface area (Å²) in [5, 5.41) is 7.52. The Morgan fingerprint density at radius 1 is 0.914 bits per heavy atom. The van der Waals surface area contributed by atoms with E-state index in [0.29, 0.717) is 31.7 Å². The van der Waals surface area contributed by atoms with Crippen LogP contribution in [-0.2, 0) is 19.5 Å². The lowest BCUT2D eigenvalue weighted by molar-refractivity contribution is 0.0683. The molecule has 0 saturated carbocycles. The molecule has 3 aromatic carbocycles. The number of amides is 2. The highest BCUT2D eigenvalue weighted by Gasteiger charge is 2.28. The number of rotatable bonds is 7. The minimum Gasteiger partial charge on any atom is -0.344 e. The highest BCUT2D eigenvalue weighted by Crippen LogP contribution is 2.21. The zero-order valence-electron chi connectivity index (χ0n) is 19.1. The normalized spacial score (nSPS) is 13.9. The number of carbonyl (C=O) groups is 2. The van der Waals surface area contributed by atoms with Crippen molar-refractivity contribution in [1.29, 1.82) is 0 Å². The zero-order valence-corrected chi connectivity index (χ0v) is 19.1. The first kappa shape index (κ1) is 22.5. The Hall–Kier alpha value is -4.26. The third-order valence-corrected chi connectivity index (χ3v) is 6.18. The Morgan fingerprint density at radius 3 is 2.31 bits per heavy atom. The number of halogens is 1. The highest BCUT2D eigenvalue weighted by atomic mass is 19.1. The van der Waals surface area contributed by atoms with Gasteiger partial charge >= 0.3 is 0 Å². The van der Waals surface area contributed by atoms with Crippen molar-refractivity contribution in [2.75, 3.05) is 6.54 Å². The predicted octanol–water partition coefficient (Wildman–Crippen LogP) is 4.39. The summed E-state index contributed by atoms with van der Waals surface area (Å²) in [5.41, 5.74) is 3.54. The van der Waals surface area contributed by atoms with Crippen LogP contribution in [0.25, 0.3) is 0 Å². The highest BCUT2D eigenvalue weighted by molar-refractivity contribution is 5.98. The van der Waals surface area contributed by atoms with E-state index in [1.807, 2.05) is 60.7 Å². The summed E-state index contributed by atoms with van der Waals surface area (Å²) in [6.45, 7) is 1.33. The van der Waals surface area contributed by atoms with Gasteiger partial charge in [0.1, 0.15) is 11.5 Å². The number of fused-ring (bicyclic) bond motifs is 1. The van der Waals surface area contributed by atoms with Crippen molar-refractivity contribution in [3.8, 4) is 0 Å². The fourth-order valence-corrected chi connectivity index (χ4v) is 4.33. The maximum absolute atomic E-state index is 13.2. The van der Waals surface area contributed by atoms with Crippen molar-refractivity contribution in [1.82, 2.24) is 20.0 Å². The molecule has 1 atom stereocenters. The second kappa shape index (κ2) is 9.93. The van der Waals surface area contributed by atoms with Crippen LogP contribution in [0.1, 0.15) is 43.7 Å². The third-order valence-electron chi connectivity index (χ3n) is 6.18. The number of benzene rings is 3. The van der Waals surface area contributed by atoms with E-state index in [-0.39, 0.29) is 29.4 Å². The topological polar surface area (TPSA) is 67.2 Å². The average Bonchev–Trinajstić information content (AvgIpc) is 3.33. The molecule has 1 aliphatic heterocycles. The molecule has 0 saturated heterocycles. The van der Waals surface area contributed by atoms with E-state index < -0.39 is 0 Å². The molecule has 2 amide bonds. The standard InChI is InChI=1S/C28H25FN4O2/c29-23-13-11-21(12-14-23)19-32-15-16-33-26(28(32)35)18-25(31-33)27(34)30-24(22-9-5-2-6-10-22)17-20-7-3-1-4-8-20/h1-14,18,24H,15-17,19H2,(H,30,34)/t24-/m1/s1. The van der Waals surface area contributed by atoms with Gasteiger partial charge in [-0.1, -0.05) is 72.8 Å². The van der Waals surface area contributed by atoms with E-state index >= 15 is 0 Å². The lowest BCUT2D eigenvalue weighted by Crippen LogP contribution is -2.39. The smallest absolute Gasteiger partial charge is 0.272 e. The molecule has 0 bridgehead atoms. The molecule has 0 aliphatic carbocycles. The lowest BCUT2D eigenvalue weighted by atomic mass is 9.98. The fraction of sp³-hybridized carbons (Fsp3) is 0.179. The first-order valence-electron chi connectivity index (χ1n) is 11.6. The van der Waals surface area contributed by atoms with Gasteiger partial charge in [0, 0.05) is 19.2 Å². The monoisotopic (exact) mass is 468 g/mol. The summed E-state index contributed by atoms with van der Waals surface area (Å²) in [7, 11) is 0. The predicted molar refractivity (Wildman–Crippen MR) is 130 cm³/mol. The summed E-state index contributed by atoms with van der Waals surface area (Å²) in [6.07, 6.45) is 0.633. The summed E-state index contributed by atoms with van der Waals surface area (Å²) >= 11 is 0. The van der Waals surface area contributed by atoms with Crippen LogP contribution in [0, 0.1) is 5.82 Å². The summed E-state index contributed by atoms with van der Waals surface area (Å²) < 4.78 is 14.8. The van der Waals surface area contributed by atoms with Gasteiger partial charge in [-0.15, -0.1) is 0 Å². The minimum absolute atomic E-state index is 0.198. The molecule has 0 radical (unpaired) electrons. The van der Waals surface area contributed by atoms with E-state index in [1.165, 1.54) is 12.1 Å². The van der Waals surface area contributed by atoms with E-state index in [0.717, 1.165) is 16.7 Å². The summed E-state index contributed by atoms with van der Waals surface area (Å²) in [5.74, 6) is -0.834. The minimum atomic E-state index is -0.324. The van der Waals surface area contributed by atoms with E-state index in [4.69, 9.17) is 0 Å². The van der Waals surface area contributed by atoms with Crippen LogP contribution in [0.4, 0.5) is 4.39 Å². The second-order valence-corrected chi connectivity index (χ2v) is 8.62. The van der Waals surface area contributed by atoms with Crippen LogP contribution in [0.2, 0.25) is 0 Å². The number of aromatic nitrogens is 2. The van der Waals surface area contributed by atoms with Gasteiger partial charge in [0.25, 0.3) is 11.8 Å². The van der Waals surface area contributed by atoms with Crippen LogP contribution >= 0.6 is 0 Å². The molecule has 4 aromatic rings. The molecule has 1 N–H and O–H groups in total. The number of nitrogens with zero attached hydrogens (tertiary/aromatic N) is 3. The van der Waals surface area contributed by atoms with Crippen LogP contribution < -0.4 is 5.32 Å². The van der Waals surface area contributed by atoms with Crippen molar-refractivity contribution in [3.63, 3.8) is 0 Å². The number of nitrogens with one attached hydrogen (secondary N) is 1. The molecular weight excluding hydrogens is 443 g/mol. The molecule has 0 spiro atoms. The van der Waals surface area contributed by atoms with E-state index in [1.54, 1.807) is 27.8 Å². The van der Waals surface area contributed by atoms with Gasteiger partial charge in [0.15, 0.2) is 5.69 Å². The van der Waals surface area contributed by atoms with E-state index in [9.17, 15) is 14.0 Å². The molecule has 0 unspecified atom stereocenters. The zero-order chi connectivity index (χ0) is 24.2. The Kier molecular flexibility index (Phi) is 6.39. The lowest BCUT2D eigenvalue weighted by Gasteiger charge is -2.27. The van der Waals surface area contributed by atoms with Crippen LogP contribution in [0.5, 0.6) is 0 Å². The van der Waals surface area contributed by atoms with Gasteiger partial charge in [0.2, 0.25) is 0 Å². The quantitative estimate of drug-likeness (QED) is 0.437. The first-order chi connectivity index (χ1) is 17.1. The van der Waals surface area contributed by atoms with Crippen molar-refractivity contribution < 1.29 is 14.0 Å². The molecule has 1 aliphatic rings. The largest absolute Gasteiger partial charge is 0.344 e. The third kappa shape index (κ3) is 5.14. The van der Waals surface area contributed by atoms with Gasteiger partial charge in [0.05, 0.1) is 12.6 Å². The fourth-order valence-electron chi connectivity index (χ4n) is 4.33. The Labute approximate surface area is 203 Å². The van der Waals surface area contributed by atoms with Crippen molar-refractivity contribution >= 4 is 11.8 Å². The molecule has 1 aromatic heterocycles. The SMILES string of the molecule is O=C(N[C@H](Cc1ccccc1)c1ccccc1)c1cc2n(n1)CCN(Cc1ccc(F)cc1)C2=O. The number of carbonyl (C=O) groups excluding carboxylic acids is 2. The molecule has 5 rings (SSSR count). The molecule has 35 heavy (non-hydrogen) atoms. The van der Waals surface area contributed by atoms with Crippen molar-refractivity contribution in [3.05, 3.63) is 125 Å². The van der Waals surface area contributed by atoms with Crippen LogP contribution in [0.15, 0.2) is 91.0 Å². The Bertz CT molecular complexity index is 1320.